The van der Waals surface area contributed by atoms with Gasteiger partial charge in [0.25, 0.3) is 0 Å². The second kappa shape index (κ2) is 10.8. The Morgan fingerprint density at radius 3 is 2.06 bits per heavy atom. The maximum absolute atomic E-state index is 12.6. The van der Waals surface area contributed by atoms with Gasteiger partial charge in [0.15, 0.2) is 0 Å². The van der Waals surface area contributed by atoms with Crippen LogP contribution in [0.3, 0.4) is 0 Å². The Kier molecular flexibility index (Phi) is 8.54. The first kappa shape index (κ1) is 27.0. The van der Waals surface area contributed by atoms with Gasteiger partial charge in [-0.3, -0.25) is 0 Å². The van der Waals surface area contributed by atoms with E-state index in [0.717, 1.165) is 17.7 Å². The summed E-state index contributed by atoms with van der Waals surface area (Å²) in [7, 11) is -5.81. The lowest BCUT2D eigenvalue weighted by atomic mass is 10.1. The van der Waals surface area contributed by atoms with Crippen LogP contribution in [0.4, 0.5) is 18.0 Å². The minimum Gasteiger partial charge on any atom is -0.458 e. The van der Waals surface area contributed by atoms with Crippen molar-refractivity contribution in [3.8, 4) is 5.75 Å². The fraction of sp³-hybridized carbons (Fsp3) is 0.364. The van der Waals surface area contributed by atoms with E-state index in [2.05, 4.69) is 9.50 Å². The van der Waals surface area contributed by atoms with E-state index in [1.165, 1.54) is 12.1 Å². The van der Waals surface area contributed by atoms with Gasteiger partial charge in [-0.15, -0.1) is 0 Å². The molecule has 186 valence electrons. The molecule has 2 aromatic carbocycles. The van der Waals surface area contributed by atoms with Crippen LogP contribution >= 0.6 is 0 Å². The number of halogens is 3. The molecule has 0 aliphatic heterocycles. The molecule has 0 fully saturated rings. The van der Waals surface area contributed by atoms with Crippen LogP contribution in [0.5, 0.6) is 5.75 Å². The zero-order valence-corrected chi connectivity index (χ0v) is 19.4. The fourth-order valence-corrected chi connectivity index (χ4v) is 3.02. The van der Waals surface area contributed by atoms with Gasteiger partial charge in [0.05, 0.1) is 0 Å². The van der Waals surface area contributed by atoms with Gasteiger partial charge in [-0.25, -0.2) is 9.59 Å². The van der Waals surface area contributed by atoms with Crippen LogP contribution in [-0.4, -0.2) is 37.6 Å². The molecule has 0 aliphatic carbocycles. The highest BCUT2D eigenvalue weighted by molar-refractivity contribution is 7.88. The predicted molar refractivity (Wildman–Crippen MR) is 115 cm³/mol. The second-order valence-electron chi connectivity index (χ2n) is 8.12. The number of alkyl halides is 3. The molecular weight excluding hydrogens is 479 g/mol. The van der Waals surface area contributed by atoms with E-state index in [-0.39, 0.29) is 13.0 Å². The molecule has 0 radical (unpaired) electrons. The molecule has 0 spiro atoms. The SMILES string of the molecule is CC(C)(C)OC(=O)[C@H](Cc1ccc(OS(=O)(=O)C(F)(F)F)cc1)NC(=O)OCc1ccccc1. The molecule has 0 saturated carbocycles. The Morgan fingerprint density at radius 2 is 1.53 bits per heavy atom. The number of esters is 1. The number of amides is 1. The van der Waals surface area contributed by atoms with Crippen molar-refractivity contribution in [2.75, 3.05) is 0 Å². The molecule has 1 amide bonds. The molecule has 1 N–H and O–H groups in total. The summed E-state index contributed by atoms with van der Waals surface area (Å²) in [5.74, 6) is -1.32. The fourth-order valence-electron chi connectivity index (χ4n) is 2.56. The highest BCUT2D eigenvalue weighted by Crippen LogP contribution is 2.27. The molecule has 8 nitrogen and oxygen atoms in total. The van der Waals surface area contributed by atoms with E-state index in [4.69, 9.17) is 9.47 Å². The molecule has 0 aliphatic rings. The summed E-state index contributed by atoms with van der Waals surface area (Å²) in [6.07, 6.45) is -0.988. The van der Waals surface area contributed by atoms with Crippen LogP contribution in [0.2, 0.25) is 0 Å². The number of benzene rings is 2. The number of ether oxygens (including phenoxy) is 2. The van der Waals surface area contributed by atoms with Crippen molar-refractivity contribution >= 4 is 22.2 Å². The first-order valence-corrected chi connectivity index (χ1v) is 11.4. The summed E-state index contributed by atoms with van der Waals surface area (Å²) >= 11 is 0. The monoisotopic (exact) mass is 503 g/mol. The lowest BCUT2D eigenvalue weighted by molar-refractivity contribution is -0.157. The second-order valence-corrected chi connectivity index (χ2v) is 9.66. The minimum atomic E-state index is -5.81. The minimum absolute atomic E-state index is 0.0343. The maximum Gasteiger partial charge on any atom is 0.534 e. The molecule has 0 heterocycles. The van der Waals surface area contributed by atoms with Gasteiger partial charge >= 0.3 is 27.7 Å². The number of rotatable bonds is 8. The molecule has 2 aromatic rings. The van der Waals surface area contributed by atoms with Crippen LogP contribution in [-0.2, 0) is 37.4 Å². The van der Waals surface area contributed by atoms with E-state index in [1.807, 2.05) is 0 Å². The largest absolute Gasteiger partial charge is 0.534 e. The summed E-state index contributed by atoms with van der Waals surface area (Å²) in [5.41, 5.74) is -5.31. The number of hydrogen-bond donors (Lipinski definition) is 1. The summed E-state index contributed by atoms with van der Waals surface area (Å²) in [5, 5.41) is 2.42. The molecule has 0 bridgehead atoms. The van der Waals surface area contributed by atoms with E-state index in [0.29, 0.717) is 5.56 Å². The van der Waals surface area contributed by atoms with Crippen molar-refractivity contribution in [2.45, 2.75) is 51.0 Å². The van der Waals surface area contributed by atoms with Gasteiger partial charge in [-0.1, -0.05) is 42.5 Å². The average molecular weight is 503 g/mol. The van der Waals surface area contributed by atoms with Gasteiger partial charge in [0, 0.05) is 6.42 Å². The average Bonchev–Trinajstić information content (AvgIpc) is 2.71. The third-order valence-corrected chi connectivity index (χ3v) is 5.03. The molecule has 34 heavy (non-hydrogen) atoms. The van der Waals surface area contributed by atoms with E-state index < -0.39 is 45.1 Å². The van der Waals surface area contributed by atoms with Gasteiger partial charge < -0.3 is 19.0 Å². The Labute approximate surface area is 195 Å². The lowest BCUT2D eigenvalue weighted by Crippen LogP contribution is -2.45. The van der Waals surface area contributed by atoms with Crippen LogP contribution in [0.15, 0.2) is 54.6 Å². The van der Waals surface area contributed by atoms with Crippen molar-refractivity contribution in [1.29, 1.82) is 0 Å². The number of carbonyl (C=O) groups excluding carboxylic acids is 2. The first-order valence-electron chi connectivity index (χ1n) is 9.96. The van der Waals surface area contributed by atoms with Crippen molar-refractivity contribution in [3.05, 3.63) is 65.7 Å². The third kappa shape index (κ3) is 8.58. The topological polar surface area (TPSA) is 108 Å². The zero-order valence-electron chi connectivity index (χ0n) is 18.6. The first-order chi connectivity index (χ1) is 15.7. The quantitative estimate of drug-likeness (QED) is 0.328. The third-order valence-electron chi connectivity index (χ3n) is 4.05. The van der Waals surface area contributed by atoms with Gasteiger partial charge in [-0.05, 0) is 44.0 Å². The molecule has 0 unspecified atom stereocenters. The molecule has 0 aromatic heterocycles. The Hall–Kier alpha value is -3.28. The van der Waals surface area contributed by atoms with Crippen LogP contribution in [0, 0.1) is 0 Å². The van der Waals surface area contributed by atoms with Crippen molar-refractivity contribution in [3.63, 3.8) is 0 Å². The van der Waals surface area contributed by atoms with Crippen molar-refractivity contribution in [1.82, 2.24) is 5.32 Å². The standard InChI is InChI=1S/C22H24F3NO7S/c1-21(2,3)32-19(27)18(26-20(28)31-14-16-7-5-4-6-8-16)13-15-9-11-17(12-10-15)33-34(29,30)22(23,24)25/h4-12,18H,13-14H2,1-3H3,(H,26,28)/t18-/m0/s1. The van der Waals surface area contributed by atoms with Gasteiger partial charge in [-0.2, -0.15) is 21.6 Å². The Bertz CT molecular complexity index is 1080. The van der Waals surface area contributed by atoms with Crippen molar-refractivity contribution < 1.29 is 44.8 Å². The molecule has 12 heteroatoms. The van der Waals surface area contributed by atoms with Crippen LogP contribution in [0.1, 0.15) is 31.9 Å². The smallest absolute Gasteiger partial charge is 0.458 e. The number of hydrogen-bond acceptors (Lipinski definition) is 7. The van der Waals surface area contributed by atoms with E-state index in [1.54, 1.807) is 51.1 Å². The van der Waals surface area contributed by atoms with Crippen LogP contribution in [0.25, 0.3) is 0 Å². The molecule has 0 saturated heterocycles. The summed E-state index contributed by atoms with van der Waals surface area (Å²) < 4.78 is 74.2. The van der Waals surface area contributed by atoms with E-state index >= 15 is 0 Å². The number of nitrogens with one attached hydrogen (secondary N) is 1. The van der Waals surface area contributed by atoms with Crippen LogP contribution < -0.4 is 9.50 Å². The molecule has 1 atom stereocenters. The zero-order chi connectivity index (χ0) is 25.6. The maximum atomic E-state index is 12.6. The van der Waals surface area contributed by atoms with Crippen molar-refractivity contribution in [2.24, 2.45) is 0 Å². The normalized spacial score (nSPS) is 13.0. The lowest BCUT2D eigenvalue weighted by Gasteiger charge is -2.24. The number of carbonyl (C=O) groups is 2. The highest BCUT2D eigenvalue weighted by Gasteiger charge is 2.48. The number of alkyl carbamates (subject to hydrolysis) is 1. The molecular formula is C22H24F3NO7S. The summed E-state index contributed by atoms with van der Waals surface area (Å²) in [4.78, 5) is 24.9. The predicted octanol–water partition coefficient (Wildman–Crippen LogP) is 4.09. The Balaban J connectivity index is 2.10. The summed E-state index contributed by atoms with van der Waals surface area (Å²) in [6.45, 7) is 4.89. The molecule has 2 rings (SSSR count). The van der Waals surface area contributed by atoms with E-state index in [9.17, 15) is 31.2 Å². The van der Waals surface area contributed by atoms with Gasteiger partial charge in [0.2, 0.25) is 0 Å². The Morgan fingerprint density at radius 1 is 0.941 bits per heavy atom. The van der Waals surface area contributed by atoms with Gasteiger partial charge in [0.1, 0.15) is 24.0 Å². The highest BCUT2D eigenvalue weighted by atomic mass is 32.2. The summed E-state index contributed by atoms with van der Waals surface area (Å²) in [6, 6.07) is 12.2.